The molecule has 1 amide bonds. The molecule has 1 saturated heterocycles. The van der Waals surface area contributed by atoms with Crippen molar-refractivity contribution in [2.45, 2.75) is 6.61 Å². The summed E-state index contributed by atoms with van der Waals surface area (Å²) in [5, 5.41) is 10.8. The summed E-state index contributed by atoms with van der Waals surface area (Å²) >= 11 is 6.47. The van der Waals surface area contributed by atoms with Crippen molar-refractivity contribution in [3.8, 4) is 11.5 Å². The number of halogens is 1. The van der Waals surface area contributed by atoms with Crippen LogP contribution >= 0.6 is 24.0 Å². The lowest BCUT2D eigenvalue weighted by Crippen LogP contribution is -2.27. The minimum absolute atomic E-state index is 0.00103. The molecule has 1 heterocycles. The van der Waals surface area contributed by atoms with Gasteiger partial charge in [-0.25, -0.2) is 4.39 Å². The van der Waals surface area contributed by atoms with E-state index in [1.54, 1.807) is 42.5 Å². The molecule has 4 rings (SSSR count). The van der Waals surface area contributed by atoms with Crippen LogP contribution in [0.25, 0.3) is 6.08 Å². The highest BCUT2D eigenvalue weighted by molar-refractivity contribution is 8.27. The minimum Gasteiger partial charge on any atom is -0.493 e. The van der Waals surface area contributed by atoms with Gasteiger partial charge in [-0.2, -0.15) is 0 Å². The lowest BCUT2D eigenvalue weighted by atomic mass is 10.1. The number of thioether (sulfide) groups is 1. The Morgan fingerprint density at radius 3 is 2.56 bits per heavy atom. The van der Waals surface area contributed by atoms with E-state index >= 15 is 0 Å². The predicted molar refractivity (Wildman–Crippen MR) is 132 cm³/mol. The summed E-state index contributed by atoms with van der Waals surface area (Å²) in [7, 11) is 1.51. The zero-order valence-electron chi connectivity index (χ0n) is 17.8. The molecule has 172 valence electrons. The third-order valence-corrected chi connectivity index (χ3v) is 6.19. The van der Waals surface area contributed by atoms with E-state index in [-0.39, 0.29) is 18.2 Å². The highest BCUT2D eigenvalue weighted by Crippen LogP contribution is 2.37. The number of non-ortho nitro benzene ring substituents is 1. The molecule has 0 unspecified atom stereocenters. The van der Waals surface area contributed by atoms with Gasteiger partial charge in [0.25, 0.3) is 11.6 Å². The summed E-state index contributed by atoms with van der Waals surface area (Å²) in [5.41, 5.74) is 1.79. The number of benzene rings is 3. The second-order valence-electron chi connectivity index (χ2n) is 7.12. The molecular weight excluding hydrogens is 479 g/mol. The zero-order chi connectivity index (χ0) is 24.2. The van der Waals surface area contributed by atoms with Gasteiger partial charge in [0, 0.05) is 12.1 Å². The van der Waals surface area contributed by atoms with Crippen LogP contribution in [0.15, 0.2) is 71.6 Å². The molecule has 0 N–H and O–H groups in total. The number of thiocarbonyl (C=S) groups is 1. The number of anilines is 1. The van der Waals surface area contributed by atoms with Gasteiger partial charge in [-0.3, -0.25) is 19.8 Å². The normalized spacial score (nSPS) is 14.5. The zero-order valence-corrected chi connectivity index (χ0v) is 19.4. The molecule has 3 aromatic carbocycles. The molecule has 1 fully saturated rings. The highest BCUT2D eigenvalue weighted by atomic mass is 32.2. The maximum absolute atomic E-state index is 13.6. The molecule has 1 aliphatic rings. The van der Waals surface area contributed by atoms with Gasteiger partial charge in [0.1, 0.15) is 12.4 Å². The van der Waals surface area contributed by atoms with Crippen LogP contribution in [-0.2, 0) is 11.4 Å². The molecule has 0 saturated carbocycles. The third kappa shape index (κ3) is 5.08. The van der Waals surface area contributed by atoms with Crippen molar-refractivity contribution in [3.05, 3.63) is 98.7 Å². The van der Waals surface area contributed by atoms with Crippen LogP contribution in [0.1, 0.15) is 11.1 Å². The molecule has 3 aromatic rings. The first-order valence-corrected chi connectivity index (χ1v) is 11.2. The fourth-order valence-corrected chi connectivity index (χ4v) is 4.53. The largest absolute Gasteiger partial charge is 0.493 e. The van der Waals surface area contributed by atoms with Crippen LogP contribution in [-0.4, -0.2) is 22.3 Å². The maximum Gasteiger partial charge on any atom is 0.270 e. The smallest absolute Gasteiger partial charge is 0.270 e. The van der Waals surface area contributed by atoms with Crippen LogP contribution in [0.4, 0.5) is 15.8 Å². The van der Waals surface area contributed by atoms with Crippen LogP contribution in [0.5, 0.6) is 11.5 Å². The lowest BCUT2D eigenvalue weighted by Gasteiger charge is -2.14. The molecule has 0 atom stereocenters. The van der Waals surface area contributed by atoms with Crippen molar-refractivity contribution in [3.63, 3.8) is 0 Å². The molecule has 7 nitrogen and oxygen atoms in total. The number of methoxy groups -OCH3 is 1. The fraction of sp³-hybridized carbons (Fsp3) is 0.0833. The van der Waals surface area contributed by atoms with Crippen LogP contribution in [0, 0.1) is 15.9 Å². The van der Waals surface area contributed by atoms with Crippen molar-refractivity contribution < 1.29 is 23.6 Å². The summed E-state index contributed by atoms with van der Waals surface area (Å²) in [6.45, 7) is 0.166. The fourth-order valence-electron chi connectivity index (χ4n) is 3.23. The Balaban J connectivity index is 1.54. The van der Waals surface area contributed by atoms with Gasteiger partial charge < -0.3 is 9.47 Å². The van der Waals surface area contributed by atoms with Crippen molar-refractivity contribution in [2.24, 2.45) is 0 Å². The van der Waals surface area contributed by atoms with E-state index < -0.39 is 10.7 Å². The Hall–Kier alpha value is -3.76. The Bertz CT molecular complexity index is 1310. The first kappa shape index (κ1) is 23.4. The SMILES string of the molecule is COc1ccc(/C=C2/SC(=S)N(c3cccc(F)c3)C2=O)cc1OCc1ccc([N+](=O)[O-])cc1. The van der Waals surface area contributed by atoms with E-state index in [2.05, 4.69) is 0 Å². The number of ether oxygens (including phenoxy) is 2. The number of carbonyl (C=O) groups excluding carboxylic acids is 1. The van der Waals surface area contributed by atoms with Gasteiger partial charge in [0.2, 0.25) is 0 Å². The summed E-state index contributed by atoms with van der Waals surface area (Å²) in [6, 6.07) is 16.9. The summed E-state index contributed by atoms with van der Waals surface area (Å²) in [4.78, 5) is 25.0. The minimum atomic E-state index is -0.464. The molecule has 0 aromatic heterocycles. The van der Waals surface area contributed by atoms with Gasteiger partial charge in [-0.05, 0) is 59.7 Å². The number of carbonyl (C=O) groups is 1. The molecule has 0 spiro atoms. The van der Waals surface area contributed by atoms with E-state index in [1.807, 2.05) is 0 Å². The van der Waals surface area contributed by atoms with Crippen molar-refractivity contribution >= 4 is 51.7 Å². The standard InChI is InChI=1S/C24H17FN2O5S2/c1-31-20-10-7-16(11-21(20)32-14-15-5-8-18(9-6-15)27(29)30)12-22-23(28)26(24(33)34-22)19-4-2-3-17(25)13-19/h2-13H,14H2,1H3/b22-12+. The molecule has 10 heteroatoms. The average molecular weight is 497 g/mol. The Kier molecular flexibility index (Phi) is 6.90. The molecule has 0 aliphatic carbocycles. The van der Waals surface area contributed by atoms with Gasteiger partial charge in [-0.15, -0.1) is 0 Å². The van der Waals surface area contributed by atoms with E-state index in [0.717, 1.165) is 17.3 Å². The first-order chi connectivity index (χ1) is 16.4. The van der Waals surface area contributed by atoms with Crippen LogP contribution in [0.3, 0.4) is 0 Å². The quantitative estimate of drug-likeness (QED) is 0.179. The van der Waals surface area contributed by atoms with E-state index in [4.69, 9.17) is 21.7 Å². The molecule has 1 aliphatic heterocycles. The van der Waals surface area contributed by atoms with Gasteiger partial charge in [-0.1, -0.05) is 36.1 Å². The Morgan fingerprint density at radius 2 is 1.88 bits per heavy atom. The molecular formula is C24H17FN2O5S2. The molecule has 34 heavy (non-hydrogen) atoms. The molecule has 0 bridgehead atoms. The molecule has 0 radical (unpaired) electrons. The van der Waals surface area contributed by atoms with Crippen LogP contribution < -0.4 is 14.4 Å². The Labute approximate surface area is 203 Å². The second kappa shape index (κ2) is 10.0. The van der Waals surface area contributed by atoms with E-state index in [9.17, 15) is 19.3 Å². The summed E-state index contributed by atoms with van der Waals surface area (Å²) < 4.78 is 25.2. The van der Waals surface area contributed by atoms with Crippen LogP contribution in [0.2, 0.25) is 0 Å². The number of amides is 1. The summed E-state index contributed by atoms with van der Waals surface area (Å²) in [6.07, 6.45) is 1.68. The number of hydrogen-bond donors (Lipinski definition) is 0. The van der Waals surface area contributed by atoms with Gasteiger partial charge >= 0.3 is 0 Å². The number of rotatable bonds is 7. The number of nitro groups is 1. The topological polar surface area (TPSA) is 81.9 Å². The van der Waals surface area contributed by atoms with E-state index in [0.29, 0.717) is 32.0 Å². The third-order valence-electron chi connectivity index (χ3n) is 4.89. The van der Waals surface area contributed by atoms with Crippen molar-refractivity contribution in [1.29, 1.82) is 0 Å². The van der Waals surface area contributed by atoms with E-state index in [1.165, 1.54) is 42.3 Å². The highest BCUT2D eigenvalue weighted by Gasteiger charge is 2.33. The maximum atomic E-state index is 13.6. The monoisotopic (exact) mass is 496 g/mol. The van der Waals surface area contributed by atoms with Gasteiger partial charge in [0.15, 0.2) is 15.8 Å². The van der Waals surface area contributed by atoms with Gasteiger partial charge in [0.05, 0.1) is 22.6 Å². The summed E-state index contributed by atoms with van der Waals surface area (Å²) in [5.74, 6) is 0.131. The Morgan fingerprint density at radius 1 is 1.12 bits per heavy atom. The van der Waals surface area contributed by atoms with Crippen molar-refractivity contribution in [1.82, 2.24) is 0 Å². The number of nitro benzene ring substituents is 1. The number of nitrogens with zero attached hydrogens (tertiary/aromatic N) is 2. The lowest BCUT2D eigenvalue weighted by molar-refractivity contribution is -0.384. The predicted octanol–water partition coefficient (Wildman–Crippen LogP) is 5.73. The first-order valence-electron chi connectivity index (χ1n) is 9.93. The second-order valence-corrected chi connectivity index (χ2v) is 8.80. The average Bonchev–Trinajstić information content (AvgIpc) is 3.10. The number of hydrogen-bond acceptors (Lipinski definition) is 7. The van der Waals surface area contributed by atoms with Crippen molar-refractivity contribution in [2.75, 3.05) is 12.0 Å².